The zero-order valence-corrected chi connectivity index (χ0v) is 13.7. The van der Waals surface area contributed by atoms with Gasteiger partial charge in [-0.25, -0.2) is 0 Å². The predicted octanol–water partition coefficient (Wildman–Crippen LogP) is 1.68. The van der Waals surface area contributed by atoms with Gasteiger partial charge in [-0.3, -0.25) is 9.79 Å². The number of carbonyl (C=O) groups excluding carboxylic acids is 1. The van der Waals surface area contributed by atoms with Crippen LogP contribution in [0.1, 0.15) is 51.9 Å². The van der Waals surface area contributed by atoms with Gasteiger partial charge in [0.2, 0.25) is 0 Å². The van der Waals surface area contributed by atoms with Crippen LogP contribution in [-0.2, 0) is 14.3 Å². The third-order valence-electron chi connectivity index (χ3n) is 3.92. The average molecular weight is 315 g/mol. The van der Waals surface area contributed by atoms with Gasteiger partial charge in [0.1, 0.15) is 0 Å². The first-order chi connectivity index (χ1) is 10.6. The fourth-order valence-electron chi connectivity index (χ4n) is 2.86. The molecule has 2 N–H and O–H groups in total. The van der Waals surface area contributed by atoms with Crippen molar-refractivity contribution in [3.8, 4) is 0 Å². The molecule has 0 aromatic carbocycles. The van der Waals surface area contributed by atoms with Crippen LogP contribution in [0.4, 0.5) is 0 Å². The number of hydrogen-bond acceptors (Lipinski definition) is 6. The van der Waals surface area contributed by atoms with E-state index in [2.05, 4.69) is 4.99 Å². The topological polar surface area (TPSA) is 88.4 Å². The lowest BCUT2D eigenvalue weighted by Crippen LogP contribution is -2.23. The minimum atomic E-state index is -0.809. The Morgan fingerprint density at radius 2 is 2.23 bits per heavy atom. The van der Waals surface area contributed by atoms with E-state index in [0.29, 0.717) is 19.4 Å². The van der Waals surface area contributed by atoms with E-state index in [1.807, 2.05) is 6.92 Å². The van der Waals surface area contributed by atoms with Gasteiger partial charge in [-0.05, 0) is 38.5 Å². The molecule has 3 unspecified atom stereocenters. The third kappa shape index (κ3) is 7.22. The number of rotatable bonds is 8. The maximum atomic E-state index is 11.5. The highest BCUT2D eigenvalue weighted by Crippen LogP contribution is 2.25. The van der Waals surface area contributed by atoms with Crippen molar-refractivity contribution in [2.75, 3.05) is 20.3 Å². The van der Waals surface area contributed by atoms with Crippen molar-refractivity contribution in [2.24, 2.45) is 10.9 Å². The number of carbonyl (C=O) groups is 1. The molecular formula is C16H29NO5. The lowest BCUT2D eigenvalue weighted by Gasteiger charge is -2.22. The molecule has 6 heteroatoms. The number of aliphatic hydroxyl groups is 2. The van der Waals surface area contributed by atoms with Crippen molar-refractivity contribution in [3.63, 3.8) is 0 Å². The van der Waals surface area contributed by atoms with Gasteiger partial charge in [0.15, 0.2) is 5.90 Å². The molecule has 6 nitrogen and oxygen atoms in total. The molecule has 0 spiro atoms. The summed E-state index contributed by atoms with van der Waals surface area (Å²) in [6.45, 7) is 2.26. The zero-order valence-electron chi connectivity index (χ0n) is 13.7. The van der Waals surface area contributed by atoms with Crippen LogP contribution >= 0.6 is 0 Å². The largest absolute Gasteiger partial charge is 0.481 e. The fraction of sp³-hybridized carbons (Fsp3) is 0.875. The zero-order chi connectivity index (χ0) is 16.4. The molecule has 0 saturated carbocycles. The number of hydrogen-bond donors (Lipinski definition) is 2. The third-order valence-corrected chi connectivity index (χ3v) is 3.92. The van der Waals surface area contributed by atoms with Gasteiger partial charge in [0.05, 0.1) is 32.5 Å². The number of aliphatic imine (C=N–C) groups is 1. The Bertz CT molecular complexity index is 358. The van der Waals surface area contributed by atoms with E-state index in [4.69, 9.17) is 14.6 Å². The Labute approximate surface area is 132 Å². The smallest absolute Gasteiger partial charge is 0.305 e. The van der Waals surface area contributed by atoms with E-state index >= 15 is 0 Å². The van der Waals surface area contributed by atoms with Crippen molar-refractivity contribution in [1.82, 2.24) is 0 Å². The minimum Gasteiger partial charge on any atom is -0.481 e. The van der Waals surface area contributed by atoms with Gasteiger partial charge in [0, 0.05) is 12.8 Å². The molecule has 0 radical (unpaired) electrons. The van der Waals surface area contributed by atoms with Crippen LogP contribution in [-0.4, -0.2) is 54.5 Å². The minimum absolute atomic E-state index is 0.0515. The highest BCUT2D eigenvalue weighted by Gasteiger charge is 2.23. The van der Waals surface area contributed by atoms with E-state index in [-0.39, 0.29) is 31.0 Å². The van der Waals surface area contributed by atoms with Gasteiger partial charge in [-0.2, -0.15) is 0 Å². The molecule has 3 atom stereocenters. The molecular weight excluding hydrogens is 286 g/mol. The average Bonchev–Trinajstić information content (AvgIpc) is 2.72. The molecule has 0 aromatic heterocycles. The van der Waals surface area contributed by atoms with Gasteiger partial charge in [-0.1, -0.05) is 6.42 Å². The Morgan fingerprint density at radius 1 is 1.45 bits per heavy atom. The summed E-state index contributed by atoms with van der Waals surface area (Å²) in [5.74, 6) is 0.451. The maximum Gasteiger partial charge on any atom is 0.305 e. The second kappa shape index (κ2) is 10.6. The maximum absolute atomic E-state index is 11.5. The molecule has 0 aliphatic carbocycles. The van der Waals surface area contributed by atoms with E-state index < -0.39 is 6.10 Å². The van der Waals surface area contributed by atoms with Crippen molar-refractivity contribution in [3.05, 3.63) is 0 Å². The lowest BCUT2D eigenvalue weighted by molar-refractivity contribution is -0.142. The summed E-state index contributed by atoms with van der Waals surface area (Å²) in [6, 6.07) is 0.101. The van der Waals surface area contributed by atoms with Crippen LogP contribution in [0.25, 0.3) is 0 Å². The Balaban J connectivity index is 2.68. The molecule has 0 fully saturated rings. The standard InChI is InChI=1S/C16H29NO5/c1-3-22-15-7-5-4-6-13(17-15)8-12(9-14(19)11-18)10-16(20)21-2/h12-14,18-19H,3-11H2,1-2H3. The van der Waals surface area contributed by atoms with Crippen LogP contribution in [0.15, 0.2) is 4.99 Å². The molecule has 0 saturated heterocycles. The van der Waals surface area contributed by atoms with Crippen LogP contribution in [0, 0.1) is 5.92 Å². The second-order valence-electron chi connectivity index (χ2n) is 5.81. The summed E-state index contributed by atoms with van der Waals surface area (Å²) in [5.41, 5.74) is 0. The van der Waals surface area contributed by atoms with Crippen LogP contribution in [0.3, 0.4) is 0 Å². The first kappa shape index (κ1) is 18.9. The number of aliphatic hydroxyl groups excluding tert-OH is 2. The molecule has 128 valence electrons. The SMILES string of the molecule is CCOC1=NC(CC(CC(=O)OC)CC(O)CO)CCCC1. The van der Waals surface area contributed by atoms with Crippen molar-refractivity contribution >= 4 is 11.9 Å². The number of nitrogens with zero attached hydrogens (tertiary/aromatic N) is 1. The Kier molecular flexibility index (Phi) is 9.08. The molecule has 0 amide bonds. The molecule has 1 aliphatic rings. The van der Waals surface area contributed by atoms with E-state index in [9.17, 15) is 9.90 Å². The van der Waals surface area contributed by atoms with Crippen molar-refractivity contribution in [2.45, 2.75) is 64.0 Å². The van der Waals surface area contributed by atoms with E-state index in [1.165, 1.54) is 7.11 Å². The van der Waals surface area contributed by atoms with Crippen molar-refractivity contribution < 1.29 is 24.5 Å². The fourth-order valence-corrected chi connectivity index (χ4v) is 2.86. The molecule has 1 heterocycles. The molecule has 1 aliphatic heterocycles. The summed E-state index contributed by atoms with van der Waals surface area (Å²) in [6.07, 6.45) is 4.48. The quantitative estimate of drug-likeness (QED) is 0.665. The highest BCUT2D eigenvalue weighted by molar-refractivity contribution is 5.76. The number of ether oxygens (including phenoxy) is 2. The van der Waals surface area contributed by atoms with Gasteiger partial charge in [0.25, 0.3) is 0 Å². The second-order valence-corrected chi connectivity index (χ2v) is 5.81. The first-order valence-electron chi connectivity index (χ1n) is 8.14. The first-order valence-corrected chi connectivity index (χ1v) is 8.14. The molecule has 0 bridgehead atoms. The number of methoxy groups -OCH3 is 1. The Morgan fingerprint density at radius 3 is 2.86 bits per heavy atom. The normalized spacial score (nSPS) is 21.5. The van der Waals surface area contributed by atoms with E-state index in [0.717, 1.165) is 31.6 Å². The summed E-state index contributed by atoms with van der Waals surface area (Å²) < 4.78 is 10.3. The molecule has 1 rings (SSSR count). The van der Waals surface area contributed by atoms with Crippen LogP contribution in [0.5, 0.6) is 0 Å². The number of esters is 1. The molecule has 0 aromatic rings. The van der Waals surface area contributed by atoms with Crippen LogP contribution < -0.4 is 0 Å². The Hall–Kier alpha value is -1.14. The molecule has 22 heavy (non-hydrogen) atoms. The summed E-state index contributed by atoms with van der Waals surface area (Å²) in [5, 5.41) is 18.7. The van der Waals surface area contributed by atoms with Gasteiger partial charge < -0.3 is 19.7 Å². The van der Waals surface area contributed by atoms with Gasteiger partial charge in [-0.15, -0.1) is 0 Å². The van der Waals surface area contributed by atoms with Gasteiger partial charge >= 0.3 is 5.97 Å². The monoisotopic (exact) mass is 315 g/mol. The summed E-state index contributed by atoms with van der Waals surface area (Å²) in [4.78, 5) is 16.2. The van der Waals surface area contributed by atoms with Crippen LogP contribution in [0.2, 0.25) is 0 Å². The highest BCUT2D eigenvalue weighted by atomic mass is 16.5. The van der Waals surface area contributed by atoms with Crippen molar-refractivity contribution in [1.29, 1.82) is 0 Å². The predicted molar refractivity (Wildman–Crippen MR) is 83.8 cm³/mol. The lowest BCUT2D eigenvalue weighted by atomic mass is 9.89. The summed E-state index contributed by atoms with van der Waals surface area (Å²) >= 11 is 0. The van der Waals surface area contributed by atoms with E-state index in [1.54, 1.807) is 0 Å². The summed E-state index contributed by atoms with van der Waals surface area (Å²) in [7, 11) is 1.36.